The summed E-state index contributed by atoms with van der Waals surface area (Å²) in [7, 11) is -3.44. The molecule has 21 heavy (non-hydrogen) atoms. The molecular formula is C15H21NO4S. The largest absolute Gasteiger partial charge is 0.464 e. The number of fused-ring (bicyclic) bond motifs is 1. The van der Waals surface area contributed by atoms with E-state index in [2.05, 4.69) is 0 Å². The van der Waals surface area contributed by atoms with Crippen molar-refractivity contribution in [2.75, 3.05) is 13.2 Å². The number of carbonyl (C=O) groups excluding carboxylic acids is 1. The van der Waals surface area contributed by atoms with Crippen molar-refractivity contribution >= 4 is 16.0 Å². The van der Waals surface area contributed by atoms with E-state index in [9.17, 15) is 13.2 Å². The molecule has 0 fully saturated rings. The van der Waals surface area contributed by atoms with Gasteiger partial charge in [0.25, 0.3) is 0 Å². The lowest BCUT2D eigenvalue weighted by atomic mass is 9.91. The first-order valence-electron chi connectivity index (χ1n) is 7.04. The predicted octanol–water partition coefficient (Wildman–Crippen LogP) is 2.17. The van der Waals surface area contributed by atoms with Crippen molar-refractivity contribution < 1.29 is 17.9 Å². The van der Waals surface area contributed by atoms with Gasteiger partial charge in [-0.1, -0.05) is 25.1 Å². The van der Waals surface area contributed by atoms with Gasteiger partial charge in [0, 0.05) is 13.1 Å². The summed E-state index contributed by atoms with van der Waals surface area (Å²) in [6.07, 6.45) is 0.680. The van der Waals surface area contributed by atoms with Crippen molar-refractivity contribution in [2.45, 2.75) is 38.6 Å². The van der Waals surface area contributed by atoms with E-state index < -0.39 is 15.4 Å². The van der Waals surface area contributed by atoms with Crippen molar-refractivity contribution in [1.29, 1.82) is 0 Å². The summed E-state index contributed by atoms with van der Waals surface area (Å²) in [6.45, 7) is 6.16. The molecule has 6 heteroatoms. The predicted molar refractivity (Wildman–Crippen MR) is 79.1 cm³/mol. The second-order valence-electron chi connectivity index (χ2n) is 5.82. The maximum absolute atomic E-state index is 12.3. The lowest BCUT2D eigenvalue weighted by Crippen LogP contribution is -2.32. The Hall–Kier alpha value is -1.40. The summed E-state index contributed by atoms with van der Waals surface area (Å²) in [5.74, 6) is -0.292. The number of hydrogen-bond donors (Lipinski definition) is 0. The smallest absolute Gasteiger partial charge is 0.311 e. The van der Waals surface area contributed by atoms with E-state index in [0.29, 0.717) is 17.9 Å². The summed E-state index contributed by atoms with van der Waals surface area (Å²) >= 11 is 0. The Morgan fingerprint density at radius 1 is 1.33 bits per heavy atom. The molecule has 0 atom stereocenters. The van der Waals surface area contributed by atoms with Crippen LogP contribution in [0.5, 0.6) is 0 Å². The Bertz CT molecular complexity index is 637. The highest BCUT2D eigenvalue weighted by atomic mass is 32.2. The highest BCUT2D eigenvalue weighted by molar-refractivity contribution is 7.89. The van der Waals surface area contributed by atoms with Gasteiger partial charge in [-0.2, -0.15) is 4.31 Å². The molecular weight excluding hydrogens is 290 g/mol. The second kappa shape index (κ2) is 5.77. The van der Waals surface area contributed by atoms with Gasteiger partial charge in [0.15, 0.2) is 0 Å². The zero-order valence-electron chi connectivity index (χ0n) is 12.6. The maximum Gasteiger partial charge on any atom is 0.311 e. The Morgan fingerprint density at radius 2 is 2.00 bits per heavy atom. The third-order valence-electron chi connectivity index (χ3n) is 3.95. The average molecular weight is 311 g/mol. The molecule has 0 unspecified atom stereocenters. The third-order valence-corrected chi connectivity index (χ3v) is 5.89. The quantitative estimate of drug-likeness (QED) is 0.782. The minimum Gasteiger partial charge on any atom is -0.464 e. The summed E-state index contributed by atoms with van der Waals surface area (Å²) in [4.78, 5) is 12.2. The van der Waals surface area contributed by atoms with Crippen LogP contribution in [-0.2, 0) is 26.1 Å². The van der Waals surface area contributed by atoms with Crippen LogP contribution in [0.4, 0.5) is 0 Å². The summed E-state index contributed by atoms with van der Waals surface area (Å²) < 4.78 is 31.2. The van der Waals surface area contributed by atoms with Crippen LogP contribution in [-0.4, -0.2) is 31.8 Å². The van der Waals surface area contributed by atoms with Crippen molar-refractivity contribution in [3.8, 4) is 0 Å². The van der Waals surface area contributed by atoms with E-state index in [4.69, 9.17) is 4.74 Å². The van der Waals surface area contributed by atoms with Crippen LogP contribution in [0.3, 0.4) is 0 Å². The van der Waals surface area contributed by atoms with Crippen LogP contribution in [0, 0.1) is 5.41 Å². The van der Waals surface area contributed by atoms with E-state index in [-0.39, 0.29) is 19.1 Å². The van der Waals surface area contributed by atoms with E-state index in [0.717, 1.165) is 5.56 Å². The first-order valence-corrected chi connectivity index (χ1v) is 8.48. The fourth-order valence-corrected chi connectivity index (χ4v) is 3.70. The van der Waals surface area contributed by atoms with Gasteiger partial charge in [-0.05, 0) is 31.9 Å². The Balaban J connectivity index is 1.97. The molecule has 0 aliphatic carbocycles. The molecule has 0 bridgehead atoms. The number of nitrogens with zero attached hydrogens (tertiary/aromatic N) is 1. The van der Waals surface area contributed by atoms with Crippen molar-refractivity contribution in [3.63, 3.8) is 0 Å². The van der Waals surface area contributed by atoms with Gasteiger partial charge in [-0.15, -0.1) is 0 Å². The molecule has 0 amide bonds. The van der Waals surface area contributed by atoms with Crippen LogP contribution in [0.2, 0.25) is 0 Å². The molecule has 0 N–H and O–H groups in total. The zero-order valence-corrected chi connectivity index (χ0v) is 13.4. The minimum absolute atomic E-state index is 0.0789. The Morgan fingerprint density at radius 3 is 2.62 bits per heavy atom. The van der Waals surface area contributed by atoms with Crippen LogP contribution < -0.4 is 0 Å². The van der Waals surface area contributed by atoms with Gasteiger partial charge >= 0.3 is 5.97 Å². The van der Waals surface area contributed by atoms with Gasteiger partial charge in [-0.25, -0.2) is 8.42 Å². The van der Waals surface area contributed by atoms with Gasteiger partial charge in [-0.3, -0.25) is 4.79 Å². The molecule has 0 saturated carbocycles. The molecule has 1 aromatic rings. The number of esters is 1. The molecule has 0 radical (unpaired) electrons. The van der Waals surface area contributed by atoms with E-state index in [1.807, 2.05) is 26.8 Å². The van der Waals surface area contributed by atoms with Crippen LogP contribution in [0.1, 0.15) is 32.8 Å². The normalized spacial score (nSPS) is 17.5. The van der Waals surface area contributed by atoms with Gasteiger partial charge in [0.1, 0.15) is 6.61 Å². The molecule has 5 nitrogen and oxygen atoms in total. The molecule has 0 aromatic heterocycles. The first kappa shape index (κ1) is 16.0. The monoisotopic (exact) mass is 311 g/mol. The highest BCUT2D eigenvalue weighted by Gasteiger charge is 2.34. The number of ether oxygens (including phenoxy) is 1. The molecule has 0 spiro atoms. The Labute approximate surface area is 126 Å². The van der Waals surface area contributed by atoms with Crippen LogP contribution in [0.25, 0.3) is 0 Å². The van der Waals surface area contributed by atoms with E-state index in [1.54, 1.807) is 18.2 Å². The lowest BCUT2D eigenvalue weighted by molar-refractivity contribution is -0.154. The second-order valence-corrected chi connectivity index (χ2v) is 7.73. The number of carbonyl (C=O) groups is 1. The molecule has 1 heterocycles. The fraction of sp³-hybridized carbons (Fsp3) is 0.533. The van der Waals surface area contributed by atoms with Crippen molar-refractivity contribution in [3.05, 3.63) is 29.8 Å². The number of hydrogen-bond acceptors (Lipinski definition) is 4. The Kier molecular flexibility index (Phi) is 4.39. The summed E-state index contributed by atoms with van der Waals surface area (Å²) in [5, 5.41) is 0. The summed E-state index contributed by atoms with van der Waals surface area (Å²) in [5.41, 5.74) is 0.255. The molecule has 1 aliphatic heterocycles. The number of rotatable bonds is 5. The van der Waals surface area contributed by atoms with Gasteiger partial charge in [0.2, 0.25) is 10.0 Å². The van der Waals surface area contributed by atoms with Crippen LogP contribution >= 0.6 is 0 Å². The highest BCUT2D eigenvalue weighted by Crippen LogP contribution is 2.29. The van der Waals surface area contributed by atoms with Crippen LogP contribution in [0.15, 0.2) is 29.2 Å². The first-order chi connectivity index (χ1) is 9.79. The fourth-order valence-electron chi connectivity index (χ4n) is 2.08. The van der Waals surface area contributed by atoms with E-state index >= 15 is 0 Å². The SMILES string of the molecule is CCC(C)(C)C(=O)OCCN1Cc2ccccc2S1(=O)=O. The number of benzene rings is 1. The standard InChI is InChI=1S/C15H21NO4S/c1-4-15(2,3)14(17)20-10-9-16-11-12-7-5-6-8-13(12)21(16,18)19/h5-8H,4,9-11H2,1-3H3. The molecule has 2 rings (SSSR count). The third kappa shape index (κ3) is 3.11. The topological polar surface area (TPSA) is 63.7 Å². The maximum atomic E-state index is 12.3. The van der Waals surface area contributed by atoms with Gasteiger partial charge in [0.05, 0.1) is 10.3 Å². The van der Waals surface area contributed by atoms with Gasteiger partial charge < -0.3 is 4.74 Å². The van der Waals surface area contributed by atoms with Crippen molar-refractivity contribution in [2.24, 2.45) is 5.41 Å². The lowest BCUT2D eigenvalue weighted by Gasteiger charge is -2.21. The van der Waals surface area contributed by atoms with Crippen molar-refractivity contribution in [1.82, 2.24) is 4.31 Å². The molecule has 1 aromatic carbocycles. The van der Waals surface area contributed by atoms with E-state index in [1.165, 1.54) is 4.31 Å². The number of sulfonamides is 1. The molecule has 1 aliphatic rings. The summed E-state index contributed by atoms with van der Waals surface area (Å²) in [6, 6.07) is 6.95. The zero-order chi connectivity index (χ0) is 15.7. The molecule has 0 saturated heterocycles. The minimum atomic E-state index is -3.44. The average Bonchev–Trinajstić information content (AvgIpc) is 2.70. The molecule has 116 valence electrons.